The van der Waals surface area contributed by atoms with E-state index in [1.807, 2.05) is 6.07 Å². The first-order chi connectivity index (χ1) is 13.5. The smallest absolute Gasteiger partial charge is 0.196 e. The maximum absolute atomic E-state index is 13.2. The van der Waals surface area contributed by atoms with Crippen molar-refractivity contribution in [2.45, 2.75) is 0 Å². The molecule has 0 spiro atoms. The van der Waals surface area contributed by atoms with Gasteiger partial charge in [0.15, 0.2) is 28.8 Å². The lowest BCUT2D eigenvalue weighted by Gasteiger charge is -2.10. The number of rotatable bonds is 7. The number of methoxy groups -OCH3 is 4. The molecular formula is C21H22N2O5. The van der Waals surface area contributed by atoms with Crippen molar-refractivity contribution in [3.63, 3.8) is 0 Å². The highest BCUT2D eigenvalue weighted by Gasteiger charge is 2.21. The first kappa shape index (κ1) is 19.3. The van der Waals surface area contributed by atoms with Gasteiger partial charge in [0.1, 0.15) is 5.69 Å². The Morgan fingerprint density at radius 1 is 0.821 bits per heavy atom. The Labute approximate surface area is 163 Å². The van der Waals surface area contributed by atoms with Crippen molar-refractivity contribution in [1.82, 2.24) is 9.78 Å². The summed E-state index contributed by atoms with van der Waals surface area (Å²) in [5.41, 5.74) is 2.26. The number of nitrogens with zero attached hydrogens (tertiary/aromatic N) is 2. The molecule has 0 saturated carbocycles. The van der Waals surface area contributed by atoms with Crippen molar-refractivity contribution in [3.05, 3.63) is 53.7 Å². The molecule has 0 radical (unpaired) electrons. The summed E-state index contributed by atoms with van der Waals surface area (Å²) < 4.78 is 22.8. The molecule has 0 aliphatic heterocycles. The average Bonchev–Trinajstić information content (AvgIpc) is 3.13. The molecule has 0 amide bonds. The van der Waals surface area contributed by atoms with Crippen molar-refractivity contribution in [3.8, 4) is 34.3 Å². The van der Waals surface area contributed by atoms with Crippen LogP contribution in [0.1, 0.15) is 15.9 Å². The van der Waals surface area contributed by atoms with Crippen LogP contribution < -0.4 is 18.9 Å². The highest BCUT2D eigenvalue weighted by Crippen LogP contribution is 2.34. The van der Waals surface area contributed by atoms with Gasteiger partial charge in [-0.15, -0.1) is 0 Å². The van der Waals surface area contributed by atoms with Crippen molar-refractivity contribution < 1.29 is 23.7 Å². The molecule has 3 aromatic rings. The predicted molar refractivity (Wildman–Crippen MR) is 105 cm³/mol. The third kappa shape index (κ3) is 3.51. The summed E-state index contributed by atoms with van der Waals surface area (Å²) in [5.74, 6) is 2.05. The third-order valence-electron chi connectivity index (χ3n) is 4.38. The van der Waals surface area contributed by atoms with E-state index in [0.29, 0.717) is 39.8 Å². The molecule has 0 fully saturated rings. The molecule has 0 aliphatic carbocycles. The number of benzene rings is 2. The fourth-order valence-electron chi connectivity index (χ4n) is 2.98. The van der Waals surface area contributed by atoms with Crippen LogP contribution in [0.2, 0.25) is 0 Å². The van der Waals surface area contributed by atoms with E-state index < -0.39 is 0 Å². The summed E-state index contributed by atoms with van der Waals surface area (Å²) >= 11 is 0. The topological polar surface area (TPSA) is 71.8 Å². The van der Waals surface area contributed by atoms with Gasteiger partial charge in [-0.3, -0.25) is 9.48 Å². The minimum Gasteiger partial charge on any atom is -0.493 e. The quantitative estimate of drug-likeness (QED) is 0.584. The van der Waals surface area contributed by atoms with Gasteiger partial charge in [-0.05, 0) is 36.4 Å². The Morgan fingerprint density at radius 2 is 1.39 bits per heavy atom. The molecule has 1 aromatic heterocycles. The molecule has 0 bridgehead atoms. The highest BCUT2D eigenvalue weighted by molar-refractivity contribution is 6.12. The van der Waals surface area contributed by atoms with E-state index in [4.69, 9.17) is 18.9 Å². The molecule has 2 aromatic carbocycles. The minimum atomic E-state index is -0.168. The summed E-state index contributed by atoms with van der Waals surface area (Å²) in [7, 11) is 8.00. The Bertz CT molecular complexity index is 1010. The summed E-state index contributed by atoms with van der Waals surface area (Å²) in [4.78, 5) is 13.2. The summed E-state index contributed by atoms with van der Waals surface area (Å²) in [6.07, 6.45) is 1.70. The normalized spacial score (nSPS) is 10.5. The zero-order valence-corrected chi connectivity index (χ0v) is 16.5. The Kier molecular flexibility index (Phi) is 5.54. The second kappa shape index (κ2) is 8.04. The van der Waals surface area contributed by atoms with Gasteiger partial charge < -0.3 is 18.9 Å². The Morgan fingerprint density at radius 3 is 2.00 bits per heavy atom. The van der Waals surface area contributed by atoms with Crippen LogP contribution in [0.15, 0.2) is 42.6 Å². The van der Waals surface area contributed by atoms with Gasteiger partial charge in [-0.2, -0.15) is 5.10 Å². The average molecular weight is 382 g/mol. The number of hydrogen-bond donors (Lipinski definition) is 0. The zero-order valence-electron chi connectivity index (χ0n) is 16.5. The number of carbonyl (C=O) groups excluding carboxylic acids is 1. The van der Waals surface area contributed by atoms with Gasteiger partial charge in [0.2, 0.25) is 0 Å². The lowest BCUT2D eigenvalue weighted by Crippen LogP contribution is -2.03. The van der Waals surface area contributed by atoms with Gasteiger partial charge in [0.25, 0.3) is 0 Å². The molecule has 3 rings (SSSR count). The molecular weight excluding hydrogens is 360 g/mol. The van der Waals surface area contributed by atoms with Crippen molar-refractivity contribution in [2.24, 2.45) is 7.05 Å². The SMILES string of the molecule is COc1ccc(C(=O)c2cn(C)nc2-c2ccc(OC)c(OC)c2)cc1OC. The van der Waals surface area contributed by atoms with E-state index in [1.165, 1.54) is 7.11 Å². The van der Waals surface area contributed by atoms with Gasteiger partial charge in [0.05, 0.1) is 34.0 Å². The van der Waals surface area contributed by atoms with Crippen LogP contribution in [0.25, 0.3) is 11.3 Å². The Hall–Kier alpha value is -3.48. The molecule has 0 aliphatic rings. The predicted octanol–water partition coefficient (Wildman–Crippen LogP) is 3.35. The first-order valence-corrected chi connectivity index (χ1v) is 8.55. The lowest BCUT2D eigenvalue weighted by atomic mass is 9.99. The molecule has 7 heteroatoms. The van der Waals surface area contributed by atoms with Crippen molar-refractivity contribution in [1.29, 1.82) is 0 Å². The van der Waals surface area contributed by atoms with Gasteiger partial charge >= 0.3 is 0 Å². The number of carbonyl (C=O) groups is 1. The van der Waals surface area contributed by atoms with Crippen LogP contribution in [0, 0.1) is 0 Å². The maximum Gasteiger partial charge on any atom is 0.196 e. The van der Waals surface area contributed by atoms with Gasteiger partial charge in [0, 0.05) is 24.4 Å². The Balaban J connectivity index is 2.07. The summed E-state index contributed by atoms with van der Waals surface area (Å²) in [6.45, 7) is 0. The summed E-state index contributed by atoms with van der Waals surface area (Å²) in [6, 6.07) is 10.5. The van der Waals surface area contributed by atoms with E-state index in [9.17, 15) is 4.79 Å². The fourth-order valence-corrected chi connectivity index (χ4v) is 2.98. The fraction of sp³-hybridized carbons (Fsp3) is 0.238. The van der Waals surface area contributed by atoms with Crippen molar-refractivity contribution in [2.75, 3.05) is 28.4 Å². The lowest BCUT2D eigenvalue weighted by molar-refractivity contribution is 0.103. The standard InChI is InChI=1S/C21H22N2O5/c1-23-12-15(21(24)14-7-9-17(26-3)19(11-14)28-5)20(22-23)13-6-8-16(25-2)18(10-13)27-4/h6-12H,1-5H3. The van der Waals surface area contributed by atoms with Crippen LogP contribution in [-0.4, -0.2) is 44.0 Å². The number of aromatic nitrogens is 2. The third-order valence-corrected chi connectivity index (χ3v) is 4.38. The molecule has 0 saturated heterocycles. The molecule has 0 N–H and O–H groups in total. The van der Waals surface area contributed by atoms with Crippen LogP contribution in [0.5, 0.6) is 23.0 Å². The van der Waals surface area contributed by atoms with Crippen LogP contribution >= 0.6 is 0 Å². The van der Waals surface area contributed by atoms with Gasteiger partial charge in [-0.25, -0.2) is 0 Å². The largest absolute Gasteiger partial charge is 0.493 e. The number of ether oxygens (including phenoxy) is 4. The first-order valence-electron chi connectivity index (χ1n) is 8.55. The van der Waals surface area contributed by atoms with E-state index in [-0.39, 0.29) is 5.78 Å². The second-order valence-corrected chi connectivity index (χ2v) is 6.03. The monoisotopic (exact) mass is 382 g/mol. The molecule has 0 unspecified atom stereocenters. The molecule has 1 heterocycles. The summed E-state index contributed by atoms with van der Waals surface area (Å²) in [5, 5.41) is 4.48. The zero-order chi connectivity index (χ0) is 20.3. The van der Waals surface area contributed by atoms with Crippen LogP contribution in [0.4, 0.5) is 0 Å². The van der Waals surface area contributed by atoms with Crippen molar-refractivity contribution >= 4 is 5.78 Å². The molecule has 0 atom stereocenters. The number of hydrogen-bond acceptors (Lipinski definition) is 6. The van der Waals surface area contributed by atoms with E-state index in [0.717, 1.165) is 5.56 Å². The highest BCUT2D eigenvalue weighted by atomic mass is 16.5. The van der Waals surface area contributed by atoms with E-state index >= 15 is 0 Å². The molecule has 146 valence electrons. The van der Waals surface area contributed by atoms with Crippen LogP contribution in [0.3, 0.4) is 0 Å². The minimum absolute atomic E-state index is 0.168. The second-order valence-electron chi connectivity index (χ2n) is 6.03. The number of aryl methyl sites for hydroxylation is 1. The van der Waals surface area contributed by atoms with E-state index in [2.05, 4.69) is 5.10 Å². The molecule has 28 heavy (non-hydrogen) atoms. The maximum atomic E-state index is 13.2. The van der Waals surface area contributed by atoms with E-state index in [1.54, 1.807) is 69.6 Å². The van der Waals surface area contributed by atoms with Crippen LogP contribution in [-0.2, 0) is 7.05 Å². The number of ketones is 1. The van der Waals surface area contributed by atoms with Gasteiger partial charge in [-0.1, -0.05) is 0 Å². The molecule has 7 nitrogen and oxygen atoms in total.